The second-order valence-corrected chi connectivity index (χ2v) is 8.12. The molecule has 3 fully saturated rings. The van der Waals surface area contributed by atoms with Crippen LogP contribution in [0.5, 0.6) is 0 Å². The number of ether oxygens (including phenoxy) is 1. The van der Waals surface area contributed by atoms with E-state index in [1.165, 1.54) is 0 Å². The van der Waals surface area contributed by atoms with Gasteiger partial charge in [0.2, 0.25) is 11.8 Å². The first kappa shape index (κ1) is 20.1. The number of hydrogen-bond donors (Lipinski definition) is 3. The molecule has 1 aliphatic carbocycles. The van der Waals surface area contributed by atoms with Crippen molar-refractivity contribution in [3.8, 4) is 0 Å². The number of aliphatic hydroxyl groups is 2. The van der Waals surface area contributed by atoms with Gasteiger partial charge in [-0.2, -0.15) is 0 Å². The predicted octanol–water partition coefficient (Wildman–Crippen LogP) is -0.259. The van der Waals surface area contributed by atoms with Crippen LogP contribution in [0.4, 0.5) is 5.69 Å². The fourth-order valence-corrected chi connectivity index (χ4v) is 4.01. The predicted molar refractivity (Wildman–Crippen MR) is 106 cm³/mol. The minimum Gasteiger partial charge on any atom is -0.388 e. The second kappa shape index (κ2) is 8.69. The first-order valence-electron chi connectivity index (χ1n) is 10.4. The molecule has 1 aromatic carbocycles. The van der Waals surface area contributed by atoms with Crippen LogP contribution >= 0.6 is 0 Å². The molecule has 3 aliphatic rings. The molecular formula is C21H29N3O5. The maximum atomic E-state index is 12.7. The monoisotopic (exact) mass is 403 g/mol. The molecule has 1 aromatic rings. The number of nitrogens with zero attached hydrogens (tertiary/aromatic N) is 2. The van der Waals surface area contributed by atoms with E-state index in [1.807, 2.05) is 18.2 Å². The fraction of sp³-hybridized carbons (Fsp3) is 0.619. The third-order valence-corrected chi connectivity index (χ3v) is 6.02. The van der Waals surface area contributed by atoms with Crippen molar-refractivity contribution in [1.82, 2.24) is 10.2 Å². The van der Waals surface area contributed by atoms with Crippen molar-refractivity contribution in [3.63, 3.8) is 0 Å². The number of para-hydroxylation sites is 1. The molecule has 0 spiro atoms. The van der Waals surface area contributed by atoms with Crippen molar-refractivity contribution >= 4 is 17.5 Å². The number of rotatable bonds is 6. The normalized spacial score (nSPS) is 29.7. The summed E-state index contributed by atoms with van der Waals surface area (Å²) in [7, 11) is 0. The molecule has 0 unspecified atom stereocenters. The number of benzene rings is 1. The molecule has 4 rings (SSSR count). The lowest BCUT2D eigenvalue weighted by atomic mass is 10.0. The van der Waals surface area contributed by atoms with Crippen LogP contribution < -0.4 is 10.2 Å². The zero-order valence-corrected chi connectivity index (χ0v) is 16.4. The van der Waals surface area contributed by atoms with E-state index in [4.69, 9.17) is 4.74 Å². The maximum Gasteiger partial charge on any atom is 0.225 e. The van der Waals surface area contributed by atoms with Crippen molar-refractivity contribution < 1.29 is 24.5 Å². The van der Waals surface area contributed by atoms with E-state index in [2.05, 4.69) is 22.3 Å². The number of anilines is 1. The van der Waals surface area contributed by atoms with Gasteiger partial charge in [0.25, 0.3) is 0 Å². The van der Waals surface area contributed by atoms with Crippen molar-refractivity contribution in [2.45, 2.75) is 43.7 Å². The Morgan fingerprint density at radius 3 is 2.31 bits per heavy atom. The van der Waals surface area contributed by atoms with Crippen LogP contribution in [0.15, 0.2) is 30.3 Å². The molecule has 2 amide bonds. The zero-order valence-electron chi connectivity index (χ0n) is 16.4. The third-order valence-electron chi connectivity index (χ3n) is 6.02. The Morgan fingerprint density at radius 1 is 1.00 bits per heavy atom. The summed E-state index contributed by atoms with van der Waals surface area (Å²) < 4.78 is 5.72. The molecule has 3 N–H and O–H groups in total. The highest BCUT2D eigenvalue weighted by Crippen LogP contribution is 2.29. The molecule has 8 nitrogen and oxygen atoms in total. The topological polar surface area (TPSA) is 102 Å². The summed E-state index contributed by atoms with van der Waals surface area (Å²) in [5, 5.41) is 23.3. The smallest absolute Gasteiger partial charge is 0.225 e. The second-order valence-electron chi connectivity index (χ2n) is 8.12. The highest BCUT2D eigenvalue weighted by molar-refractivity contribution is 5.80. The Hall–Kier alpha value is -2.16. The van der Waals surface area contributed by atoms with E-state index in [1.54, 1.807) is 4.90 Å². The SMILES string of the molecule is O=C(NC[C@H]1O[C@H](CC(=O)N2CCN(c3ccccc3)CC2)[C@H](O)[C@@H]1O)C1CC1. The molecule has 1 saturated carbocycles. The van der Waals surface area contributed by atoms with Crippen LogP contribution in [0.3, 0.4) is 0 Å². The standard InChI is InChI=1S/C21H29N3O5/c25-18(24-10-8-23(9-11-24)15-4-2-1-3-5-15)12-16-19(26)20(27)17(29-16)13-22-21(28)14-6-7-14/h1-5,14,16-17,19-20,26-27H,6-13H2,(H,22,28)/t16-,17-,19+,20-/m1/s1. The summed E-state index contributed by atoms with van der Waals surface area (Å²) in [5.41, 5.74) is 1.15. The largest absolute Gasteiger partial charge is 0.388 e. The van der Waals surface area contributed by atoms with Crippen LogP contribution in [0.25, 0.3) is 0 Å². The van der Waals surface area contributed by atoms with Gasteiger partial charge in [-0.3, -0.25) is 9.59 Å². The molecule has 2 saturated heterocycles. The van der Waals surface area contributed by atoms with Gasteiger partial charge in [0.15, 0.2) is 0 Å². The van der Waals surface area contributed by atoms with Gasteiger partial charge in [-0.25, -0.2) is 0 Å². The zero-order chi connectivity index (χ0) is 20.4. The molecule has 2 aliphatic heterocycles. The Bertz CT molecular complexity index is 718. The maximum absolute atomic E-state index is 12.7. The van der Waals surface area contributed by atoms with Gasteiger partial charge in [-0.05, 0) is 25.0 Å². The lowest BCUT2D eigenvalue weighted by molar-refractivity contribution is -0.135. The minimum absolute atomic E-state index is 0.0244. The van der Waals surface area contributed by atoms with E-state index < -0.39 is 24.4 Å². The third kappa shape index (κ3) is 4.71. The van der Waals surface area contributed by atoms with Crippen LogP contribution in [-0.4, -0.2) is 84.1 Å². The molecular weight excluding hydrogens is 374 g/mol. The van der Waals surface area contributed by atoms with E-state index in [9.17, 15) is 19.8 Å². The quantitative estimate of drug-likeness (QED) is 0.605. The average Bonchev–Trinajstić information content (AvgIpc) is 3.57. The van der Waals surface area contributed by atoms with Gasteiger partial charge in [0, 0.05) is 44.3 Å². The fourth-order valence-electron chi connectivity index (χ4n) is 4.01. The van der Waals surface area contributed by atoms with Crippen LogP contribution in [-0.2, 0) is 14.3 Å². The van der Waals surface area contributed by atoms with Gasteiger partial charge in [-0.1, -0.05) is 18.2 Å². The van der Waals surface area contributed by atoms with E-state index in [0.717, 1.165) is 31.6 Å². The number of piperazine rings is 1. The number of aliphatic hydroxyl groups excluding tert-OH is 2. The Morgan fingerprint density at radius 2 is 1.66 bits per heavy atom. The van der Waals surface area contributed by atoms with E-state index >= 15 is 0 Å². The molecule has 29 heavy (non-hydrogen) atoms. The van der Waals surface area contributed by atoms with Crippen LogP contribution in [0, 0.1) is 5.92 Å². The van der Waals surface area contributed by atoms with Crippen molar-refractivity contribution in [2.24, 2.45) is 5.92 Å². The van der Waals surface area contributed by atoms with Gasteiger partial charge < -0.3 is 30.1 Å². The molecule has 2 heterocycles. The summed E-state index contributed by atoms with van der Waals surface area (Å²) in [6.45, 7) is 2.87. The summed E-state index contributed by atoms with van der Waals surface area (Å²) in [6.07, 6.45) is -1.87. The van der Waals surface area contributed by atoms with Gasteiger partial charge >= 0.3 is 0 Å². The molecule has 0 aromatic heterocycles. The minimum atomic E-state index is -1.13. The summed E-state index contributed by atoms with van der Waals surface area (Å²) in [5.74, 6) is -0.0480. The number of carbonyl (C=O) groups excluding carboxylic acids is 2. The molecule has 0 radical (unpaired) electrons. The van der Waals surface area contributed by atoms with E-state index in [-0.39, 0.29) is 30.7 Å². The van der Waals surface area contributed by atoms with Crippen molar-refractivity contribution in [3.05, 3.63) is 30.3 Å². The lowest BCUT2D eigenvalue weighted by Crippen LogP contribution is -2.49. The van der Waals surface area contributed by atoms with E-state index in [0.29, 0.717) is 13.1 Å². The van der Waals surface area contributed by atoms with Crippen molar-refractivity contribution in [1.29, 1.82) is 0 Å². The summed E-state index contributed by atoms with van der Waals surface area (Å²) >= 11 is 0. The van der Waals surface area contributed by atoms with Gasteiger partial charge in [-0.15, -0.1) is 0 Å². The Balaban J connectivity index is 1.24. The average molecular weight is 403 g/mol. The van der Waals surface area contributed by atoms with Crippen LogP contribution in [0.2, 0.25) is 0 Å². The van der Waals surface area contributed by atoms with Crippen molar-refractivity contribution in [2.75, 3.05) is 37.6 Å². The molecule has 0 bridgehead atoms. The molecule has 8 heteroatoms. The molecule has 4 atom stereocenters. The highest BCUT2D eigenvalue weighted by atomic mass is 16.5. The van der Waals surface area contributed by atoms with Gasteiger partial charge in [0.1, 0.15) is 18.3 Å². The summed E-state index contributed by atoms with van der Waals surface area (Å²) in [4.78, 5) is 28.5. The number of nitrogens with one attached hydrogen (secondary N) is 1. The van der Waals surface area contributed by atoms with Gasteiger partial charge in [0.05, 0.1) is 12.5 Å². The highest BCUT2D eigenvalue weighted by Gasteiger charge is 2.44. The number of amides is 2. The lowest BCUT2D eigenvalue weighted by Gasteiger charge is -2.36. The first-order chi connectivity index (χ1) is 14.0. The molecule has 158 valence electrons. The Kier molecular flexibility index (Phi) is 6.03. The first-order valence-corrected chi connectivity index (χ1v) is 10.4. The number of carbonyl (C=O) groups is 2. The summed E-state index contributed by atoms with van der Waals surface area (Å²) in [6, 6.07) is 10.1. The Labute approximate surface area is 170 Å². The van der Waals surface area contributed by atoms with Crippen LogP contribution in [0.1, 0.15) is 19.3 Å². The number of hydrogen-bond acceptors (Lipinski definition) is 6.